The van der Waals surface area contributed by atoms with Crippen molar-refractivity contribution in [3.05, 3.63) is 29.8 Å². The fraction of sp³-hybridized carbons (Fsp3) is 0.714. The van der Waals surface area contributed by atoms with E-state index in [4.69, 9.17) is 4.43 Å². The fourth-order valence-electron chi connectivity index (χ4n) is 3.18. The van der Waals surface area contributed by atoms with Gasteiger partial charge < -0.3 is 4.43 Å². The molecule has 0 unspecified atom stereocenters. The van der Waals surface area contributed by atoms with Crippen molar-refractivity contribution in [1.29, 1.82) is 0 Å². The van der Waals surface area contributed by atoms with Gasteiger partial charge in [0, 0.05) is 0 Å². The summed E-state index contributed by atoms with van der Waals surface area (Å²) in [4.78, 5) is -0.0476. The van der Waals surface area contributed by atoms with Crippen molar-refractivity contribution < 1.29 is 17.4 Å². The maximum atomic E-state index is 11.5. The lowest BCUT2D eigenvalue weighted by molar-refractivity contribution is 0.105. The Morgan fingerprint density at radius 3 is 2.11 bits per heavy atom. The summed E-state index contributed by atoms with van der Waals surface area (Å²) < 4.78 is 39.2. The molecule has 27 heavy (non-hydrogen) atoms. The Labute approximate surface area is 167 Å². The third-order valence-electron chi connectivity index (χ3n) is 5.73. The van der Waals surface area contributed by atoms with E-state index in [1.807, 2.05) is 6.07 Å². The van der Waals surface area contributed by atoms with Crippen LogP contribution in [-0.4, -0.2) is 27.4 Å². The van der Waals surface area contributed by atoms with Crippen molar-refractivity contribution in [1.82, 2.24) is 0 Å². The Hall–Kier alpha value is -0.693. The highest BCUT2D eigenvalue weighted by Gasteiger charge is 2.40. The molecule has 0 spiro atoms. The summed E-state index contributed by atoms with van der Waals surface area (Å²) in [5, 5.41) is 0.116. The van der Waals surface area contributed by atoms with Gasteiger partial charge in [-0.3, -0.25) is 4.55 Å². The molecular formula is C21H38O4SSi. The predicted octanol–water partition coefficient (Wildman–Crippen LogP) is 6.08. The van der Waals surface area contributed by atoms with Crippen LogP contribution in [0.15, 0.2) is 29.2 Å². The Morgan fingerprint density at radius 2 is 1.67 bits per heavy atom. The Kier molecular flexibility index (Phi) is 8.73. The van der Waals surface area contributed by atoms with Gasteiger partial charge in [0.1, 0.15) is 0 Å². The van der Waals surface area contributed by atoms with Crippen LogP contribution < -0.4 is 0 Å². The molecule has 0 radical (unpaired) electrons. The lowest BCUT2D eigenvalue weighted by Crippen LogP contribution is -2.46. The first kappa shape index (κ1) is 24.3. The molecule has 0 amide bonds. The molecule has 0 aliphatic carbocycles. The van der Waals surface area contributed by atoms with Gasteiger partial charge in [-0.2, -0.15) is 8.42 Å². The first-order valence-corrected chi connectivity index (χ1v) is 14.4. The highest BCUT2D eigenvalue weighted by atomic mass is 32.2. The van der Waals surface area contributed by atoms with Gasteiger partial charge in [0.25, 0.3) is 10.1 Å². The molecule has 0 aliphatic heterocycles. The van der Waals surface area contributed by atoms with E-state index in [0.717, 1.165) is 31.2 Å². The average Bonchev–Trinajstić information content (AvgIpc) is 2.52. The van der Waals surface area contributed by atoms with E-state index >= 15 is 0 Å². The van der Waals surface area contributed by atoms with Crippen molar-refractivity contribution in [3.63, 3.8) is 0 Å². The van der Waals surface area contributed by atoms with Gasteiger partial charge in [0.2, 0.25) is 0 Å². The number of hydrogen-bond donors (Lipinski definition) is 1. The van der Waals surface area contributed by atoms with E-state index in [1.54, 1.807) is 12.1 Å². The van der Waals surface area contributed by atoms with Crippen LogP contribution in [0.4, 0.5) is 0 Å². The molecule has 0 heterocycles. The molecule has 0 aliphatic rings. The molecule has 0 saturated heterocycles. The van der Waals surface area contributed by atoms with E-state index in [1.165, 1.54) is 6.07 Å². The molecule has 1 aromatic carbocycles. The van der Waals surface area contributed by atoms with Gasteiger partial charge in [0.15, 0.2) is 8.32 Å². The smallest absolute Gasteiger partial charge is 0.294 e. The zero-order valence-corrected chi connectivity index (χ0v) is 19.9. The molecule has 0 fully saturated rings. The minimum atomic E-state index is -4.19. The zero-order valence-electron chi connectivity index (χ0n) is 18.1. The molecule has 1 N–H and O–H groups in total. The van der Waals surface area contributed by atoms with Crippen LogP contribution in [-0.2, 0) is 21.0 Å². The largest absolute Gasteiger partial charge is 0.413 e. The van der Waals surface area contributed by atoms with Crippen molar-refractivity contribution >= 4 is 18.4 Å². The lowest BCUT2D eigenvalue weighted by Gasteiger charge is -2.42. The number of hydrogen-bond acceptors (Lipinski definition) is 3. The first-order valence-electron chi connectivity index (χ1n) is 10.1. The van der Waals surface area contributed by atoms with E-state index in [-0.39, 0.29) is 16.0 Å². The second kappa shape index (κ2) is 9.68. The Bertz CT molecular complexity index is 686. The molecule has 0 bridgehead atoms. The fourth-order valence-corrected chi connectivity index (χ4v) is 5.12. The maximum absolute atomic E-state index is 11.5. The summed E-state index contributed by atoms with van der Waals surface area (Å²) in [6.45, 7) is 15.7. The van der Waals surface area contributed by atoms with Crippen molar-refractivity contribution in [2.24, 2.45) is 5.92 Å². The maximum Gasteiger partial charge on any atom is 0.294 e. The summed E-state index contributed by atoms with van der Waals surface area (Å²) in [5.41, 5.74) is 0.894. The highest BCUT2D eigenvalue weighted by molar-refractivity contribution is 7.85. The van der Waals surface area contributed by atoms with E-state index in [0.29, 0.717) is 12.3 Å². The van der Waals surface area contributed by atoms with Gasteiger partial charge in [0.05, 0.1) is 11.0 Å². The average molecular weight is 415 g/mol. The van der Waals surface area contributed by atoms with Crippen LogP contribution in [0.25, 0.3) is 0 Å². The molecule has 1 aromatic rings. The van der Waals surface area contributed by atoms with Crippen molar-refractivity contribution in [2.75, 3.05) is 0 Å². The molecule has 4 nitrogen and oxygen atoms in total. The molecule has 156 valence electrons. The van der Waals surface area contributed by atoms with Crippen LogP contribution >= 0.6 is 0 Å². The molecule has 1 rings (SSSR count). The monoisotopic (exact) mass is 414 g/mol. The van der Waals surface area contributed by atoms with Gasteiger partial charge in [-0.05, 0) is 61.0 Å². The SMILES string of the molecule is CCCC(CCC)[C@H](Cc1cccc(S(=O)(=O)O)c1)O[Si](C)(C)C(C)(C)C. The van der Waals surface area contributed by atoms with Crippen LogP contribution in [0, 0.1) is 5.92 Å². The third-order valence-corrected chi connectivity index (χ3v) is 11.1. The molecule has 1 atom stereocenters. The van der Waals surface area contributed by atoms with Crippen LogP contribution in [0.2, 0.25) is 18.1 Å². The summed E-state index contributed by atoms with van der Waals surface area (Å²) in [6.07, 6.45) is 5.14. The van der Waals surface area contributed by atoms with Crippen molar-refractivity contribution in [2.45, 2.75) is 95.9 Å². The quantitative estimate of drug-likeness (QED) is 0.372. The second-order valence-corrected chi connectivity index (χ2v) is 15.3. The standard InChI is InChI=1S/C21H38O4SSi/c1-8-11-18(12-9-2)20(25-27(6,7)21(3,4)5)16-17-13-10-14-19(15-17)26(22,23)24/h10,13-15,18,20H,8-9,11-12,16H2,1-7H3,(H,22,23,24)/t20-/m0/s1. The first-order chi connectivity index (χ1) is 12.3. The van der Waals surface area contributed by atoms with Crippen LogP contribution in [0.1, 0.15) is 65.9 Å². The normalized spacial score (nSPS) is 14.6. The lowest BCUT2D eigenvalue weighted by atomic mass is 9.89. The molecule has 6 heteroatoms. The minimum Gasteiger partial charge on any atom is -0.413 e. The van der Waals surface area contributed by atoms with Gasteiger partial charge in [-0.1, -0.05) is 59.6 Å². The van der Waals surface area contributed by atoms with Gasteiger partial charge >= 0.3 is 0 Å². The highest BCUT2D eigenvalue weighted by Crippen LogP contribution is 2.39. The van der Waals surface area contributed by atoms with Crippen LogP contribution in [0.5, 0.6) is 0 Å². The summed E-state index contributed by atoms with van der Waals surface area (Å²) in [5.74, 6) is 0.448. The zero-order chi connectivity index (χ0) is 20.9. The molecule has 0 saturated carbocycles. The summed E-state index contributed by atoms with van der Waals surface area (Å²) in [7, 11) is -6.15. The van der Waals surface area contributed by atoms with E-state index in [9.17, 15) is 13.0 Å². The van der Waals surface area contributed by atoms with E-state index in [2.05, 4.69) is 47.7 Å². The molecular weight excluding hydrogens is 376 g/mol. The predicted molar refractivity (Wildman–Crippen MR) is 115 cm³/mol. The topological polar surface area (TPSA) is 63.6 Å². The Balaban J connectivity index is 3.21. The second-order valence-electron chi connectivity index (χ2n) is 9.08. The minimum absolute atomic E-state index is 0.0476. The molecule has 0 aromatic heterocycles. The third kappa shape index (κ3) is 7.33. The Morgan fingerprint density at radius 1 is 1.11 bits per heavy atom. The summed E-state index contributed by atoms with van der Waals surface area (Å²) in [6, 6.07) is 6.62. The van der Waals surface area contributed by atoms with Gasteiger partial charge in [-0.25, -0.2) is 0 Å². The van der Waals surface area contributed by atoms with Crippen LogP contribution in [0.3, 0.4) is 0 Å². The summed E-state index contributed by atoms with van der Waals surface area (Å²) >= 11 is 0. The number of rotatable bonds is 10. The number of benzene rings is 1. The van der Waals surface area contributed by atoms with Gasteiger partial charge in [-0.15, -0.1) is 0 Å². The van der Waals surface area contributed by atoms with E-state index < -0.39 is 18.4 Å². The van der Waals surface area contributed by atoms with Crippen molar-refractivity contribution in [3.8, 4) is 0 Å².